The lowest BCUT2D eigenvalue weighted by atomic mass is 9.78. The highest BCUT2D eigenvalue weighted by Gasteiger charge is 2.41. The van der Waals surface area contributed by atoms with E-state index in [1.807, 2.05) is 0 Å². The van der Waals surface area contributed by atoms with Crippen LogP contribution < -0.4 is 5.32 Å². The molecule has 2 aliphatic rings. The molecule has 1 saturated heterocycles. The van der Waals surface area contributed by atoms with E-state index in [1.54, 1.807) is 0 Å². The van der Waals surface area contributed by atoms with Gasteiger partial charge in [-0.3, -0.25) is 4.90 Å². The third-order valence-corrected chi connectivity index (χ3v) is 4.62. The molecule has 1 heterocycles. The number of nitrogens with zero attached hydrogens (tertiary/aromatic N) is 1. The Morgan fingerprint density at radius 1 is 1.21 bits per heavy atom. The van der Waals surface area contributed by atoms with E-state index in [0.29, 0.717) is 12.6 Å². The van der Waals surface area contributed by atoms with Gasteiger partial charge in [0.25, 0.3) is 0 Å². The Kier molecular flexibility index (Phi) is 4.77. The van der Waals surface area contributed by atoms with Gasteiger partial charge in [-0.05, 0) is 32.7 Å². The highest BCUT2D eigenvalue weighted by Crippen LogP contribution is 2.36. The van der Waals surface area contributed by atoms with Crippen LogP contribution in [-0.4, -0.2) is 42.3 Å². The molecule has 1 unspecified atom stereocenters. The fraction of sp³-hybridized carbons (Fsp3) is 1.00. The minimum atomic E-state index is -4.01. The van der Waals surface area contributed by atoms with E-state index in [0.717, 1.165) is 25.9 Å². The lowest BCUT2D eigenvalue weighted by molar-refractivity contribution is -0.137. The molecule has 2 fully saturated rings. The van der Waals surface area contributed by atoms with Crippen molar-refractivity contribution in [2.75, 3.05) is 19.6 Å². The lowest BCUT2D eigenvalue weighted by Crippen LogP contribution is -2.64. The summed E-state index contributed by atoms with van der Waals surface area (Å²) in [4.78, 5) is 2.35. The molecule has 2 rings (SSSR count). The lowest BCUT2D eigenvalue weighted by Gasteiger charge is -2.51. The fourth-order valence-corrected chi connectivity index (χ4v) is 3.57. The van der Waals surface area contributed by atoms with Gasteiger partial charge in [0.15, 0.2) is 0 Å². The van der Waals surface area contributed by atoms with Crippen LogP contribution in [0.25, 0.3) is 0 Å². The van der Waals surface area contributed by atoms with Crippen molar-refractivity contribution < 1.29 is 13.2 Å². The monoisotopic (exact) mass is 278 g/mol. The van der Waals surface area contributed by atoms with Gasteiger partial charge in [0, 0.05) is 31.1 Å². The molecule has 1 spiro atoms. The maximum Gasteiger partial charge on any atom is 0.389 e. The molecule has 0 bridgehead atoms. The molecule has 19 heavy (non-hydrogen) atoms. The highest BCUT2D eigenvalue weighted by molar-refractivity contribution is 4.99. The molecule has 0 radical (unpaired) electrons. The smallest absolute Gasteiger partial charge is 0.311 e. The van der Waals surface area contributed by atoms with Gasteiger partial charge < -0.3 is 5.32 Å². The average molecular weight is 278 g/mol. The van der Waals surface area contributed by atoms with Crippen LogP contribution in [0.4, 0.5) is 13.2 Å². The van der Waals surface area contributed by atoms with Gasteiger partial charge in [-0.1, -0.05) is 19.3 Å². The molecular weight excluding hydrogens is 253 g/mol. The van der Waals surface area contributed by atoms with E-state index in [9.17, 15) is 13.2 Å². The van der Waals surface area contributed by atoms with Crippen LogP contribution >= 0.6 is 0 Å². The maximum atomic E-state index is 12.3. The molecule has 0 aromatic rings. The minimum Gasteiger partial charge on any atom is -0.311 e. The summed E-state index contributed by atoms with van der Waals surface area (Å²) in [5.74, 6) is 0. The number of halogens is 3. The normalized spacial score (nSPS) is 28.7. The molecule has 1 aliphatic heterocycles. The van der Waals surface area contributed by atoms with Crippen molar-refractivity contribution in [1.82, 2.24) is 10.2 Å². The molecule has 0 aromatic heterocycles. The van der Waals surface area contributed by atoms with Crippen LogP contribution in [-0.2, 0) is 0 Å². The van der Waals surface area contributed by atoms with Gasteiger partial charge in [-0.2, -0.15) is 13.2 Å². The first-order chi connectivity index (χ1) is 8.91. The molecule has 112 valence electrons. The second kappa shape index (κ2) is 6.00. The highest BCUT2D eigenvalue weighted by atomic mass is 19.4. The standard InChI is InChI=1S/C14H25F3N2/c1-12-10-19(9-5-8-14(15,16)17)13(11-18-12)6-3-2-4-7-13/h12,18H,2-11H2,1H3. The number of nitrogens with one attached hydrogen (secondary N) is 1. The van der Waals surface area contributed by atoms with E-state index in [4.69, 9.17) is 0 Å². The summed E-state index contributed by atoms with van der Waals surface area (Å²) in [6.07, 6.45) is 1.54. The first-order valence-corrected chi connectivity index (χ1v) is 7.47. The summed E-state index contributed by atoms with van der Waals surface area (Å²) >= 11 is 0. The minimum absolute atomic E-state index is 0.135. The van der Waals surface area contributed by atoms with E-state index < -0.39 is 12.6 Å². The van der Waals surface area contributed by atoms with Gasteiger partial charge >= 0.3 is 6.18 Å². The van der Waals surface area contributed by atoms with Crippen LogP contribution in [0.15, 0.2) is 0 Å². The predicted molar refractivity (Wildman–Crippen MR) is 70.1 cm³/mol. The van der Waals surface area contributed by atoms with Crippen LogP contribution in [0.1, 0.15) is 51.9 Å². The molecule has 1 aliphatic carbocycles. The van der Waals surface area contributed by atoms with Crippen molar-refractivity contribution in [3.63, 3.8) is 0 Å². The molecular formula is C14H25F3N2. The number of hydrogen-bond acceptors (Lipinski definition) is 2. The van der Waals surface area contributed by atoms with Crippen molar-refractivity contribution in [2.24, 2.45) is 0 Å². The summed E-state index contributed by atoms with van der Waals surface area (Å²) in [6.45, 7) is 4.54. The van der Waals surface area contributed by atoms with Gasteiger partial charge in [0.2, 0.25) is 0 Å². The molecule has 1 atom stereocenters. The summed E-state index contributed by atoms with van der Waals surface area (Å²) in [7, 11) is 0. The van der Waals surface area contributed by atoms with Crippen LogP contribution in [0.2, 0.25) is 0 Å². The molecule has 1 N–H and O–H groups in total. The third kappa shape index (κ3) is 4.09. The van der Waals surface area contributed by atoms with Gasteiger partial charge in [0.1, 0.15) is 0 Å². The summed E-state index contributed by atoms with van der Waals surface area (Å²) in [6, 6.07) is 0.387. The SMILES string of the molecule is CC1CN(CCCC(F)(F)F)C2(CCCCC2)CN1. The maximum absolute atomic E-state index is 12.3. The number of hydrogen-bond donors (Lipinski definition) is 1. The summed E-state index contributed by atoms with van der Waals surface area (Å²) in [5.41, 5.74) is 0.135. The van der Waals surface area contributed by atoms with Crippen LogP contribution in [0, 0.1) is 0 Å². The molecule has 5 heteroatoms. The Balaban J connectivity index is 1.92. The van der Waals surface area contributed by atoms with E-state index in [-0.39, 0.29) is 12.0 Å². The zero-order chi connectivity index (χ0) is 13.9. The third-order valence-electron chi connectivity index (χ3n) is 4.62. The van der Waals surface area contributed by atoms with Crippen LogP contribution in [0.5, 0.6) is 0 Å². The molecule has 2 nitrogen and oxygen atoms in total. The molecule has 0 amide bonds. The van der Waals surface area contributed by atoms with Crippen molar-refractivity contribution >= 4 is 0 Å². The number of piperazine rings is 1. The topological polar surface area (TPSA) is 15.3 Å². The van der Waals surface area contributed by atoms with Crippen molar-refractivity contribution in [3.8, 4) is 0 Å². The first-order valence-electron chi connectivity index (χ1n) is 7.47. The molecule has 0 aromatic carbocycles. The number of alkyl halides is 3. The van der Waals surface area contributed by atoms with Gasteiger partial charge in [0.05, 0.1) is 0 Å². The van der Waals surface area contributed by atoms with E-state index >= 15 is 0 Å². The number of rotatable bonds is 3. The second-order valence-electron chi connectivity index (χ2n) is 6.23. The predicted octanol–water partition coefficient (Wildman–Crippen LogP) is 3.33. The van der Waals surface area contributed by atoms with Crippen molar-refractivity contribution in [1.29, 1.82) is 0 Å². The van der Waals surface area contributed by atoms with Crippen LogP contribution in [0.3, 0.4) is 0 Å². The Hall–Kier alpha value is -0.290. The molecule has 1 saturated carbocycles. The Morgan fingerprint density at radius 3 is 2.53 bits per heavy atom. The van der Waals surface area contributed by atoms with Gasteiger partial charge in [-0.25, -0.2) is 0 Å². The average Bonchev–Trinajstić information content (AvgIpc) is 2.34. The Labute approximate surface area is 113 Å². The summed E-state index contributed by atoms with van der Waals surface area (Å²) < 4.78 is 36.9. The zero-order valence-corrected chi connectivity index (χ0v) is 11.7. The van der Waals surface area contributed by atoms with E-state index in [1.165, 1.54) is 19.3 Å². The zero-order valence-electron chi connectivity index (χ0n) is 11.7. The first kappa shape index (κ1) is 15.1. The Bertz CT molecular complexity index is 285. The van der Waals surface area contributed by atoms with Gasteiger partial charge in [-0.15, -0.1) is 0 Å². The Morgan fingerprint density at radius 2 is 1.89 bits per heavy atom. The second-order valence-corrected chi connectivity index (χ2v) is 6.23. The fourth-order valence-electron chi connectivity index (χ4n) is 3.57. The largest absolute Gasteiger partial charge is 0.389 e. The summed E-state index contributed by atoms with van der Waals surface area (Å²) in [5, 5.41) is 3.52. The van der Waals surface area contributed by atoms with Crippen molar-refractivity contribution in [2.45, 2.75) is 69.6 Å². The quantitative estimate of drug-likeness (QED) is 0.852. The van der Waals surface area contributed by atoms with Crippen molar-refractivity contribution in [3.05, 3.63) is 0 Å². The van der Waals surface area contributed by atoms with E-state index in [2.05, 4.69) is 17.1 Å².